The van der Waals surface area contributed by atoms with Crippen LogP contribution >= 0.6 is 0 Å². The van der Waals surface area contributed by atoms with Crippen LogP contribution in [0.4, 0.5) is 10.1 Å². The standard InChI is InChI=1S/C21H18FN5O4S/c1-14-23-11-12-27(14)20-9-10-21(25-24-20)31-17-6-4-16(5-7-17)26-32(28,29)19-13-15(22)3-8-18(19)30-2/h3-13,26H,1-2H3. The molecule has 0 amide bonds. The number of nitrogens with zero attached hydrogens (tertiary/aromatic N) is 4. The Morgan fingerprint density at radius 1 is 1.03 bits per heavy atom. The van der Waals surface area contributed by atoms with Crippen molar-refractivity contribution in [1.82, 2.24) is 19.7 Å². The summed E-state index contributed by atoms with van der Waals surface area (Å²) >= 11 is 0. The Bertz CT molecular complexity index is 1340. The van der Waals surface area contributed by atoms with Gasteiger partial charge in [-0.2, -0.15) is 0 Å². The van der Waals surface area contributed by atoms with Gasteiger partial charge in [0.05, 0.1) is 7.11 Å². The molecular weight excluding hydrogens is 437 g/mol. The molecule has 4 aromatic rings. The van der Waals surface area contributed by atoms with Crippen molar-refractivity contribution < 1.29 is 22.3 Å². The zero-order valence-corrected chi connectivity index (χ0v) is 17.9. The Morgan fingerprint density at radius 3 is 2.44 bits per heavy atom. The van der Waals surface area contributed by atoms with Crippen LogP contribution in [0, 0.1) is 12.7 Å². The highest BCUT2D eigenvalue weighted by molar-refractivity contribution is 7.92. The van der Waals surface area contributed by atoms with Gasteiger partial charge in [-0.3, -0.25) is 9.29 Å². The first-order valence-corrected chi connectivity index (χ1v) is 10.8. The van der Waals surface area contributed by atoms with Crippen molar-refractivity contribution in [1.29, 1.82) is 0 Å². The summed E-state index contributed by atoms with van der Waals surface area (Å²) < 4.78 is 53.7. The van der Waals surface area contributed by atoms with Gasteiger partial charge in [-0.15, -0.1) is 10.2 Å². The summed E-state index contributed by atoms with van der Waals surface area (Å²) in [6.07, 6.45) is 3.45. The molecule has 32 heavy (non-hydrogen) atoms. The van der Waals surface area contributed by atoms with E-state index < -0.39 is 15.8 Å². The molecule has 0 aliphatic rings. The van der Waals surface area contributed by atoms with Crippen molar-refractivity contribution in [2.24, 2.45) is 0 Å². The van der Waals surface area contributed by atoms with E-state index in [9.17, 15) is 12.8 Å². The molecule has 4 rings (SSSR count). The van der Waals surface area contributed by atoms with Gasteiger partial charge in [-0.05, 0) is 55.5 Å². The summed E-state index contributed by atoms with van der Waals surface area (Å²) in [6, 6.07) is 12.8. The van der Waals surface area contributed by atoms with E-state index in [1.807, 2.05) is 6.92 Å². The SMILES string of the molecule is COc1ccc(F)cc1S(=O)(=O)Nc1ccc(Oc2ccc(-n3ccnc3C)nn2)cc1. The molecule has 0 aliphatic carbocycles. The number of imidazole rings is 1. The van der Waals surface area contributed by atoms with E-state index in [0.29, 0.717) is 11.6 Å². The fourth-order valence-electron chi connectivity index (χ4n) is 2.90. The van der Waals surface area contributed by atoms with Crippen molar-refractivity contribution in [3.63, 3.8) is 0 Å². The Hall–Kier alpha value is -3.99. The lowest BCUT2D eigenvalue weighted by atomic mass is 10.3. The van der Waals surface area contributed by atoms with E-state index in [4.69, 9.17) is 9.47 Å². The van der Waals surface area contributed by atoms with Gasteiger partial charge in [-0.1, -0.05) is 0 Å². The minimum atomic E-state index is -4.07. The molecule has 2 aromatic carbocycles. The van der Waals surface area contributed by atoms with E-state index in [0.717, 1.165) is 18.0 Å². The highest BCUT2D eigenvalue weighted by Gasteiger charge is 2.20. The van der Waals surface area contributed by atoms with Crippen molar-refractivity contribution in [3.05, 3.63) is 78.6 Å². The van der Waals surface area contributed by atoms with E-state index >= 15 is 0 Å². The molecule has 2 aromatic heterocycles. The van der Waals surface area contributed by atoms with Crippen LogP contribution in [0.15, 0.2) is 71.9 Å². The van der Waals surface area contributed by atoms with Crippen LogP contribution in [-0.2, 0) is 10.0 Å². The smallest absolute Gasteiger partial charge is 0.265 e. The molecule has 0 aliphatic heterocycles. The maximum Gasteiger partial charge on any atom is 0.265 e. The molecule has 2 heterocycles. The molecule has 0 saturated heterocycles. The molecule has 0 spiro atoms. The van der Waals surface area contributed by atoms with Gasteiger partial charge in [0.25, 0.3) is 10.0 Å². The molecule has 0 saturated carbocycles. The van der Waals surface area contributed by atoms with Crippen LogP contribution in [0.2, 0.25) is 0 Å². The second kappa shape index (κ2) is 8.63. The molecule has 1 N–H and O–H groups in total. The number of anilines is 1. The molecule has 0 fully saturated rings. The molecule has 0 radical (unpaired) electrons. The van der Waals surface area contributed by atoms with Crippen molar-refractivity contribution in [3.8, 4) is 23.2 Å². The summed E-state index contributed by atoms with van der Waals surface area (Å²) in [4.78, 5) is 3.84. The third kappa shape index (κ3) is 4.52. The number of rotatable bonds is 7. The Morgan fingerprint density at radius 2 is 1.81 bits per heavy atom. The molecule has 0 atom stereocenters. The Kier molecular flexibility index (Phi) is 5.73. The van der Waals surface area contributed by atoms with Gasteiger partial charge in [0, 0.05) is 24.1 Å². The largest absolute Gasteiger partial charge is 0.495 e. The normalized spacial score (nSPS) is 11.2. The Labute approximate surface area is 183 Å². The number of methoxy groups -OCH3 is 1. The first-order valence-electron chi connectivity index (χ1n) is 9.34. The third-order valence-electron chi connectivity index (χ3n) is 4.44. The second-order valence-corrected chi connectivity index (χ2v) is 8.25. The fraction of sp³-hybridized carbons (Fsp3) is 0.0952. The monoisotopic (exact) mass is 455 g/mol. The molecule has 11 heteroatoms. The van der Waals surface area contributed by atoms with Crippen molar-refractivity contribution in [2.75, 3.05) is 11.8 Å². The molecule has 0 bridgehead atoms. The predicted molar refractivity (Wildman–Crippen MR) is 114 cm³/mol. The molecule has 0 unspecified atom stereocenters. The zero-order chi connectivity index (χ0) is 22.7. The summed E-state index contributed by atoms with van der Waals surface area (Å²) in [5, 5.41) is 8.15. The number of hydrogen-bond acceptors (Lipinski definition) is 7. The van der Waals surface area contributed by atoms with Crippen LogP contribution < -0.4 is 14.2 Å². The minimum Gasteiger partial charge on any atom is -0.495 e. The number of aromatic nitrogens is 4. The lowest BCUT2D eigenvalue weighted by Gasteiger charge is -2.12. The number of hydrogen-bond donors (Lipinski definition) is 1. The average molecular weight is 455 g/mol. The van der Waals surface area contributed by atoms with Crippen molar-refractivity contribution >= 4 is 15.7 Å². The highest BCUT2D eigenvalue weighted by atomic mass is 32.2. The third-order valence-corrected chi connectivity index (χ3v) is 5.85. The number of benzene rings is 2. The fourth-order valence-corrected chi connectivity index (χ4v) is 4.14. The number of aryl methyl sites for hydroxylation is 1. The van der Waals surface area contributed by atoms with Crippen LogP contribution in [0.5, 0.6) is 17.4 Å². The van der Waals surface area contributed by atoms with Gasteiger partial charge in [0.1, 0.15) is 28.0 Å². The van der Waals surface area contributed by atoms with Crippen LogP contribution in [0.25, 0.3) is 5.82 Å². The number of ether oxygens (including phenoxy) is 2. The predicted octanol–water partition coefficient (Wildman–Crippen LogP) is 3.71. The van der Waals surface area contributed by atoms with Gasteiger partial charge in [0.15, 0.2) is 5.82 Å². The van der Waals surface area contributed by atoms with Crippen LogP contribution in [0.3, 0.4) is 0 Å². The van der Waals surface area contributed by atoms with E-state index in [-0.39, 0.29) is 22.2 Å². The van der Waals surface area contributed by atoms with E-state index in [2.05, 4.69) is 19.9 Å². The molecule has 164 valence electrons. The summed E-state index contributed by atoms with van der Waals surface area (Å²) in [6.45, 7) is 1.85. The number of sulfonamides is 1. The molecule has 9 nitrogen and oxygen atoms in total. The van der Waals surface area contributed by atoms with E-state index in [1.54, 1.807) is 41.2 Å². The van der Waals surface area contributed by atoms with Gasteiger partial charge < -0.3 is 9.47 Å². The van der Waals surface area contributed by atoms with E-state index in [1.165, 1.54) is 25.3 Å². The number of nitrogens with one attached hydrogen (secondary N) is 1. The Balaban J connectivity index is 1.47. The van der Waals surface area contributed by atoms with Crippen molar-refractivity contribution in [2.45, 2.75) is 11.8 Å². The first kappa shape index (κ1) is 21.2. The minimum absolute atomic E-state index is 0.0340. The van der Waals surface area contributed by atoms with Gasteiger partial charge >= 0.3 is 0 Å². The molecular formula is C21H18FN5O4S. The zero-order valence-electron chi connectivity index (χ0n) is 17.1. The van der Waals surface area contributed by atoms with Gasteiger partial charge in [-0.25, -0.2) is 17.8 Å². The second-order valence-electron chi connectivity index (χ2n) is 6.60. The van der Waals surface area contributed by atoms with Crippen LogP contribution in [-0.4, -0.2) is 35.3 Å². The van der Waals surface area contributed by atoms with Crippen LogP contribution in [0.1, 0.15) is 5.82 Å². The quantitative estimate of drug-likeness (QED) is 0.452. The van der Waals surface area contributed by atoms with Gasteiger partial charge in [0.2, 0.25) is 5.88 Å². The summed E-state index contributed by atoms with van der Waals surface area (Å²) in [7, 11) is -2.76. The maximum atomic E-state index is 13.6. The highest BCUT2D eigenvalue weighted by Crippen LogP contribution is 2.28. The number of halogens is 1. The lowest BCUT2D eigenvalue weighted by molar-refractivity contribution is 0.401. The first-order chi connectivity index (χ1) is 15.4. The summed E-state index contributed by atoms with van der Waals surface area (Å²) in [5.74, 6) is 1.42. The lowest BCUT2D eigenvalue weighted by Crippen LogP contribution is -2.14. The average Bonchev–Trinajstić information content (AvgIpc) is 3.21. The topological polar surface area (TPSA) is 108 Å². The summed E-state index contributed by atoms with van der Waals surface area (Å²) in [5.41, 5.74) is 0.265. The maximum absolute atomic E-state index is 13.6.